The normalized spacial score (nSPS) is 16.2. The minimum atomic E-state index is -4.30. The molecule has 1 aliphatic heterocycles. The Labute approximate surface area is 144 Å². The Morgan fingerprint density at radius 3 is 2.28 bits per heavy atom. The molecule has 2 aromatic rings. The molecule has 0 amide bonds. The first-order chi connectivity index (χ1) is 11.8. The monoisotopic (exact) mass is 351 g/mol. The molecule has 1 fully saturated rings. The van der Waals surface area contributed by atoms with Gasteiger partial charge in [-0.1, -0.05) is 0 Å². The summed E-state index contributed by atoms with van der Waals surface area (Å²) in [5.41, 5.74) is 7.01. The molecule has 2 N–H and O–H groups in total. The highest BCUT2D eigenvalue weighted by Crippen LogP contribution is 2.30. The van der Waals surface area contributed by atoms with Gasteiger partial charge in [-0.3, -0.25) is 4.90 Å². The van der Waals surface area contributed by atoms with E-state index in [9.17, 15) is 13.2 Å². The Kier molecular flexibility index (Phi) is 4.80. The van der Waals surface area contributed by atoms with Gasteiger partial charge in [0.25, 0.3) is 0 Å². The van der Waals surface area contributed by atoms with Gasteiger partial charge in [-0.25, -0.2) is 9.97 Å². The maximum atomic E-state index is 12.6. The number of benzene rings is 1. The van der Waals surface area contributed by atoms with E-state index in [1.165, 1.54) is 12.1 Å². The lowest BCUT2D eigenvalue weighted by Crippen LogP contribution is -2.46. The smallest absolute Gasteiger partial charge is 0.383 e. The average molecular weight is 351 g/mol. The Balaban J connectivity index is 1.58. The van der Waals surface area contributed by atoms with Gasteiger partial charge in [0.05, 0.1) is 5.56 Å². The first-order valence-corrected chi connectivity index (χ1v) is 8.05. The van der Waals surface area contributed by atoms with E-state index < -0.39 is 11.7 Å². The van der Waals surface area contributed by atoms with Gasteiger partial charge >= 0.3 is 6.18 Å². The van der Waals surface area contributed by atoms with Crippen molar-refractivity contribution in [1.29, 1.82) is 0 Å². The van der Waals surface area contributed by atoms with Crippen molar-refractivity contribution in [3.8, 4) is 0 Å². The number of anilines is 2. The SMILES string of the molecule is Cc1ncc(CN2CCN(c3ccc(C(F)(F)F)cc3)CC2)c(N)n1. The van der Waals surface area contributed by atoms with Crippen LogP contribution in [-0.4, -0.2) is 41.0 Å². The van der Waals surface area contributed by atoms with E-state index in [1.54, 1.807) is 13.1 Å². The predicted molar refractivity (Wildman–Crippen MR) is 90.1 cm³/mol. The van der Waals surface area contributed by atoms with Crippen molar-refractivity contribution < 1.29 is 13.2 Å². The van der Waals surface area contributed by atoms with E-state index in [1.807, 2.05) is 0 Å². The van der Waals surface area contributed by atoms with Crippen LogP contribution < -0.4 is 10.6 Å². The number of alkyl halides is 3. The van der Waals surface area contributed by atoms with Gasteiger partial charge < -0.3 is 10.6 Å². The van der Waals surface area contributed by atoms with E-state index in [-0.39, 0.29) is 0 Å². The van der Waals surface area contributed by atoms with E-state index in [2.05, 4.69) is 19.8 Å². The zero-order valence-corrected chi connectivity index (χ0v) is 13.9. The third-order valence-electron chi connectivity index (χ3n) is 4.34. The highest BCUT2D eigenvalue weighted by molar-refractivity contribution is 5.48. The van der Waals surface area contributed by atoms with Crippen LogP contribution in [0.25, 0.3) is 0 Å². The molecule has 0 atom stereocenters. The van der Waals surface area contributed by atoms with Crippen LogP contribution in [0.3, 0.4) is 0 Å². The molecule has 0 radical (unpaired) electrons. The first-order valence-electron chi connectivity index (χ1n) is 8.05. The van der Waals surface area contributed by atoms with E-state index in [4.69, 9.17) is 5.73 Å². The van der Waals surface area contributed by atoms with E-state index in [0.717, 1.165) is 49.6 Å². The average Bonchev–Trinajstić information content (AvgIpc) is 2.57. The number of rotatable bonds is 3. The fraction of sp³-hybridized carbons (Fsp3) is 0.412. The summed E-state index contributed by atoms with van der Waals surface area (Å²) < 4.78 is 37.9. The molecule has 1 aromatic heterocycles. The zero-order chi connectivity index (χ0) is 18.0. The summed E-state index contributed by atoms with van der Waals surface area (Å²) in [6.07, 6.45) is -2.55. The molecule has 5 nitrogen and oxygen atoms in total. The molecule has 0 aliphatic carbocycles. The third kappa shape index (κ3) is 4.19. The molecule has 0 unspecified atom stereocenters. The van der Waals surface area contributed by atoms with Crippen LogP contribution in [0.1, 0.15) is 17.0 Å². The predicted octanol–water partition coefficient (Wildman–Crippen LogP) is 2.71. The maximum absolute atomic E-state index is 12.6. The number of piperazine rings is 1. The van der Waals surface area contributed by atoms with Crippen LogP contribution in [-0.2, 0) is 12.7 Å². The molecule has 3 rings (SSSR count). The lowest BCUT2D eigenvalue weighted by molar-refractivity contribution is -0.137. The second-order valence-electron chi connectivity index (χ2n) is 6.14. The van der Waals surface area contributed by atoms with Crippen molar-refractivity contribution in [3.63, 3.8) is 0 Å². The number of hydrogen-bond donors (Lipinski definition) is 1. The molecule has 1 aliphatic rings. The second-order valence-corrected chi connectivity index (χ2v) is 6.14. The Hall–Kier alpha value is -2.35. The van der Waals surface area contributed by atoms with Crippen LogP contribution >= 0.6 is 0 Å². The molecule has 8 heteroatoms. The molecule has 0 saturated carbocycles. The summed E-state index contributed by atoms with van der Waals surface area (Å²) in [4.78, 5) is 12.7. The van der Waals surface area contributed by atoms with E-state index in [0.29, 0.717) is 18.2 Å². The highest BCUT2D eigenvalue weighted by atomic mass is 19.4. The number of nitrogen functional groups attached to an aromatic ring is 1. The standard InChI is InChI=1S/C17H20F3N5/c1-12-22-10-13(16(21)23-12)11-24-6-8-25(9-7-24)15-4-2-14(3-5-15)17(18,19)20/h2-5,10H,6-9,11H2,1H3,(H2,21,22,23). The summed E-state index contributed by atoms with van der Waals surface area (Å²) in [7, 11) is 0. The van der Waals surface area contributed by atoms with Crippen LogP contribution in [0.5, 0.6) is 0 Å². The van der Waals surface area contributed by atoms with Crippen molar-refractivity contribution in [3.05, 3.63) is 47.4 Å². The van der Waals surface area contributed by atoms with Crippen LogP contribution in [0.2, 0.25) is 0 Å². The summed E-state index contributed by atoms with van der Waals surface area (Å²) in [6, 6.07) is 5.33. The second kappa shape index (κ2) is 6.87. The summed E-state index contributed by atoms with van der Waals surface area (Å²) in [5.74, 6) is 1.14. The van der Waals surface area contributed by atoms with Crippen molar-refractivity contribution >= 4 is 11.5 Å². The number of aryl methyl sites for hydroxylation is 1. The van der Waals surface area contributed by atoms with E-state index >= 15 is 0 Å². The molecule has 134 valence electrons. The molecule has 25 heavy (non-hydrogen) atoms. The lowest BCUT2D eigenvalue weighted by atomic mass is 10.1. The first kappa shape index (κ1) is 17.5. The molecule has 1 saturated heterocycles. The van der Waals surface area contributed by atoms with Gasteiger partial charge in [-0.15, -0.1) is 0 Å². The number of aromatic nitrogens is 2. The summed E-state index contributed by atoms with van der Waals surface area (Å²) in [5, 5.41) is 0. The topological polar surface area (TPSA) is 58.3 Å². The van der Waals surface area contributed by atoms with Gasteiger partial charge in [0.1, 0.15) is 11.6 Å². The fourth-order valence-corrected chi connectivity index (χ4v) is 2.90. The molecule has 0 bridgehead atoms. The Bertz CT molecular complexity index is 722. The van der Waals surface area contributed by atoms with Crippen LogP contribution in [0, 0.1) is 6.92 Å². The van der Waals surface area contributed by atoms with Crippen molar-refractivity contribution in [2.75, 3.05) is 36.8 Å². The Morgan fingerprint density at radius 1 is 1.08 bits per heavy atom. The van der Waals surface area contributed by atoms with Crippen molar-refractivity contribution in [1.82, 2.24) is 14.9 Å². The minimum absolute atomic E-state index is 0.498. The maximum Gasteiger partial charge on any atom is 0.416 e. The van der Waals surface area contributed by atoms with Gasteiger partial charge in [-0.05, 0) is 31.2 Å². The number of nitrogens with zero attached hydrogens (tertiary/aromatic N) is 4. The molecule has 1 aromatic carbocycles. The molecular formula is C17H20F3N5. The summed E-state index contributed by atoms with van der Waals surface area (Å²) >= 11 is 0. The number of halogens is 3. The quantitative estimate of drug-likeness (QED) is 0.921. The van der Waals surface area contributed by atoms with Crippen molar-refractivity contribution in [2.45, 2.75) is 19.6 Å². The van der Waals surface area contributed by atoms with Crippen molar-refractivity contribution in [2.24, 2.45) is 0 Å². The molecular weight excluding hydrogens is 331 g/mol. The van der Waals surface area contributed by atoms with Gasteiger partial charge in [0.2, 0.25) is 0 Å². The third-order valence-corrected chi connectivity index (χ3v) is 4.34. The van der Waals surface area contributed by atoms with Crippen LogP contribution in [0.4, 0.5) is 24.7 Å². The molecule has 0 spiro atoms. The fourth-order valence-electron chi connectivity index (χ4n) is 2.90. The van der Waals surface area contributed by atoms with Gasteiger partial charge in [0, 0.05) is 50.2 Å². The van der Waals surface area contributed by atoms with Crippen LogP contribution in [0.15, 0.2) is 30.5 Å². The summed E-state index contributed by atoms with van der Waals surface area (Å²) in [6.45, 7) is 5.56. The lowest BCUT2D eigenvalue weighted by Gasteiger charge is -2.36. The molecule has 2 heterocycles. The number of nitrogens with two attached hydrogens (primary N) is 1. The minimum Gasteiger partial charge on any atom is -0.383 e. The zero-order valence-electron chi connectivity index (χ0n) is 13.9. The Morgan fingerprint density at radius 2 is 1.72 bits per heavy atom. The number of hydrogen-bond acceptors (Lipinski definition) is 5. The van der Waals surface area contributed by atoms with Gasteiger partial charge in [-0.2, -0.15) is 13.2 Å². The largest absolute Gasteiger partial charge is 0.416 e. The van der Waals surface area contributed by atoms with Gasteiger partial charge in [0.15, 0.2) is 0 Å². The highest BCUT2D eigenvalue weighted by Gasteiger charge is 2.30.